The molecule has 3 aromatic rings. The van der Waals surface area contributed by atoms with Crippen LogP contribution in [-0.2, 0) is 11.2 Å². The van der Waals surface area contributed by atoms with E-state index in [1.165, 1.54) is 22.5 Å². The fourth-order valence-corrected chi connectivity index (χ4v) is 6.35. The average Bonchev–Trinajstić information content (AvgIpc) is 3.46. The Morgan fingerprint density at radius 2 is 1.92 bits per heavy atom. The summed E-state index contributed by atoms with van der Waals surface area (Å²) in [5.41, 5.74) is 11.6. The number of carbonyl (C=O) groups excluding carboxylic acids is 2. The van der Waals surface area contributed by atoms with Crippen LogP contribution in [0, 0.1) is 6.92 Å². The number of aryl methyl sites for hydroxylation is 2. The molecule has 0 saturated carbocycles. The molecule has 1 aliphatic heterocycles. The van der Waals surface area contributed by atoms with Crippen LogP contribution in [0.3, 0.4) is 0 Å². The van der Waals surface area contributed by atoms with Crippen LogP contribution in [0.25, 0.3) is 0 Å². The van der Waals surface area contributed by atoms with Gasteiger partial charge < -0.3 is 16.0 Å². The number of fused-ring (bicyclic) bond motifs is 1. The second-order valence-electron chi connectivity index (χ2n) is 9.98. The number of ketones is 1. The highest BCUT2D eigenvalue weighted by molar-refractivity contribution is 7.15. The number of rotatable bonds is 6. The van der Waals surface area contributed by atoms with Crippen LogP contribution >= 0.6 is 11.3 Å². The molecule has 8 heteroatoms. The number of hydrogen-bond acceptors (Lipinski definition) is 7. The second-order valence-corrected chi connectivity index (χ2v) is 11.1. The number of Topliss-reactive ketones (excluding diaryl/α,β-unsaturated/α-hetero) is 1. The van der Waals surface area contributed by atoms with E-state index in [0.29, 0.717) is 16.7 Å². The highest BCUT2D eigenvalue weighted by Gasteiger charge is 2.30. The zero-order chi connectivity index (χ0) is 25.4. The third kappa shape index (κ3) is 4.93. The van der Waals surface area contributed by atoms with Crippen molar-refractivity contribution in [1.29, 1.82) is 0 Å². The highest BCUT2D eigenvalue weighted by atomic mass is 32.1. The van der Waals surface area contributed by atoms with E-state index in [1.54, 1.807) is 13.1 Å². The first kappa shape index (κ1) is 24.6. The van der Waals surface area contributed by atoms with Crippen molar-refractivity contribution in [3.63, 3.8) is 0 Å². The Hall–Kier alpha value is -3.07. The summed E-state index contributed by atoms with van der Waals surface area (Å²) in [5.74, 6) is -0.678. The van der Waals surface area contributed by atoms with Gasteiger partial charge in [0.05, 0.1) is 5.92 Å². The molecular weight excluding hydrogens is 470 g/mol. The van der Waals surface area contributed by atoms with E-state index in [0.717, 1.165) is 60.7 Å². The van der Waals surface area contributed by atoms with E-state index in [9.17, 15) is 9.59 Å². The van der Waals surface area contributed by atoms with Crippen LogP contribution in [0.4, 0.5) is 10.8 Å². The van der Waals surface area contributed by atoms with Gasteiger partial charge in [0.25, 0.3) is 5.91 Å². The van der Waals surface area contributed by atoms with Crippen molar-refractivity contribution in [3.8, 4) is 0 Å². The summed E-state index contributed by atoms with van der Waals surface area (Å²) >= 11 is 1.31. The number of nitrogens with one attached hydrogen (secondary N) is 1. The summed E-state index contributed by atoms with van der Waals surface area (Å²) in [6, 6.07) is 12.3. The minimum Gasteiger partial charge on any atom is -0.375 e. The van der Waals surface area contributed by atoms with Crippen molar-refractivity contribution in [1.82, 2.24) is 14.8 Å². The smallest absolute Gasteiger partial charge is 0.255 e. The maximum Gasteiger partial charge on any atom is 0.255 e. The summed E-state index contributed by atoms with van der Waals surface area (Å²) in [6.07, 6.45) is 3.81. The number of nitrogens with zero attached hydrogens (tertiary/aromatic N) is 3. The van der Waals surface area contributed by atoms with Gasteiger partial charge in [0, 0.05) is 54.5 Å². The van der Waals surface area contributed by atoms with E-state index in [4.69, 9.17) is 5.73 Å². The molecule has 7 nitrogen and oxygen atoms in total. The van der Waals surface area contributed by atoms with E-state index in [-0.39, 0.29) is 11.7 Å². The quantitative estimate of drug-likeness (QED) is 0.523. The van der Waals surface area contributed by atoms with Gasteiger partial charge >= 0.3 is 0 Å². The number of amides is 1. The van der Waals surface area contributed by atoms with Crippen molar-refractivity contribution in [2.45, 2.75) is 38.6 Å². The topological polar surface area (TPSA) is 91.6 Å². The Kier molecular flexibility index (Phi) is 6.92. The number of nitrogens with two attached hydrogens (primary N) is 1. The van der Waals surface area contributed by atoms with Crippen LogP contribution in [-0.4, -0.2) is 59.7 Å². The zero-order valence-electron chi connectivity index (χ0n) is 21.1. The Morgan fingerprint density at radius 1 is 1.14 bits per heavy atom. The third-order valence-electron chi connectivity index (χ3n) is 7.51. The number of nitrogen functional groups attached to an aromatic ring is 1. The first-order chi connectivity index (χ1) is 17.3. The van der Waals surface area contributed by atoms with Gasteiger partial charge in [-0.25, -0.2) is 4.98 Å². The first-order valence-corrected chi connectivity index (χ1v) is 13.3. The number of aromatic nitrogens is 1. The minimum atomic E-state index is -0.487. The lowest BCUT2D eigenvalue weighted by molar-refractivity contribution is -0.117. The normalized spacial score (nSPS) is 19.1. The zero-order valence-corrected chi connectivity index (χ0v) is 21.9. The molecule has 2 heterocycles. The predicted octanol–water partition coefficient (Wildman–Crippen LogP) is 4.24. The van der Waals surface area contributed by atoms with Gasteiger partial charge in [-0.15, -0.1) is 11.3 Å². The lowest BCUT2D eigenvalue weighted by atomic mass is 9.89. The Labute approximate surface area is 216 Å². The molecule has 36 heavy (non-hydrogen) atoms. The van der Waals surface area contributed by atoms with Crippen LogP contribution < -0.4 is 11.1 Å². The van der Waals surface area contributed by atoms with Crippen LogP contribution in [0.2, 0.25) is 0 Å². The molecule has 0 radical (unpaired) electrons. The van der Waals surface area contributed by atoms with Crippen LogP contribution in [0.15, 0.2) is 42.6 Å². The summed E-state index contributed by atoms with van der Waals surface area (Å²) in [7, 11) is 2.18. The van der Waals surface area contributed by atoms with E-state index in [1.807, 2.05) is 31.2 Å². The predicted molar refractivity (Wildman–Crippen MR) is 145 cm³/mol. The molecule has 188 valence electrons. The molecule has 2 aliphatic rings. The minimum absolute atomic E-state index is 0.00663. The van der Waals surface area contributed by atoms with Gasteiger partial charge in [0.2, 0.25) is 0 Å². The first-order valence-electron chi connectivity index (χ1n) is 12.5. The van der Waals surface area contributed by atoms with Gasteiger partial charge in [0.1, 0.15) is 5.78 Å². The number of anilines is 2. The van der Waals surface area contributed by atoms with Crippen molar-refractivity contribution in [2.75, 3.05) is 44.3 Å². The molecule has 2 aromatic carbocycles. The Balaban J connectivity index is 1.34. The maximum absolute atomic E-state index is 13.2. The summed E-state index contributed by atoms with van der Waals surface area (Å²) in [6.45, 7) is 7.94. The van der Waals surface area contributed by atoms with Gasteiger partial charge in [-0.05, 0) is 80.3 Å². The molecule has 1 fully saturated rings. The molecular formula is C28H33N5O2S. The van der Waals surface area contributed by atoms with Gasteiger partial charge in [-0.3, -0.25) is 14.5 Å². The van der Waals surface area contributed by atoms with Crippen LogP contribution in [0.5, 0.6) is 0 Å². The van der Waals surface area contributed by atoms with Crippen molar-refractivity contribution in [3.05, 3.63) is 75.3 Å². The monoisotopic (exact) mass is 503 g/mol. The van der Waals surface area contributed by atoms with Crippen molar-refractivity contribution < 1.29 is 9.59 Å². The van der Waals surface area contributed by atoms with Gasteiger partial charge in [-0.2, -0.15) is 0 Å². The molecule has 5 rings (SSSR count). The second kappa shape index (κ2) is 10.1. The number of carbonyl (C=O) groups is 2. The molecule has 0 bridgehead atoms. The number of hydrogen-bond donors (Lipinski definition) is 2. The molecule has 3 N–H and O–H groups in total. The third-order valence-corrected chi connectivity index (χ3v) is 8.40. The fourth-order valence-electron chi connectivity index (χ4n) is 5.49. The van der Waals surface area contributed by atoms with Crippen molar-refractivity contribution in [2.24, 2.45) is 0 Å². The number of piperazine rings is 1. The SMILES string of the molecule is CC(=O)C(c1cnc(N)s1)c1cc(C(=O)Nc2ccc3c(c2)CCC3N2CCN(C)CC2)ccc1C. The summed E-state index contributed by atoms with van der Waals surface area (Å²) in [5, 5.41) is 3.50. The molecule has 1 amide bonds. The standard InChI is InChI=1S/C28H33N5O2S/c1-17-4-5-20(15-23(17)26(18(2)34)25-16-30-28(29)36-25)27(35)31-21-7-8-22-19(14-21)6-9-24(22)33-12-10-32(3)11-13-33/h4-5,7-8,14-16,24,26H,6,9-13H2,1-3H3,(H2,29,30)(H,31,35). The molecule has 2 unspecified atom stereocenters. The van der Waals surface area contributed by atoms with Gasteiger partial charge in [0.15, 0.2) is 5.13 Å². The molecule has 1 aromatic heterocycles. The number of benzene rings is 2. The fraction of sp³-hybridized carbons (Fsp3) is 0.393. The van der Waals surface area contributed by atoms with E-state index >= 15 is 0 Å². The van der Waals surface area contributed by atoms with Gasteiger partial charge in [-0.1, -0.05) is 12.1 Å². The van der Waals surface area contributed by atoms with Crippen molar-refractivity contribution >= 4 is 33.8 Å². The summed E-state index contributed by atoms with van der Waals surface area (Å²) in [4.78, 5) is 35.7. The Morgan fingerprint density at radius 3 is 2.61 bits per heavy atom. The summed E-state index contributed by atoms with van der Waals surface area (Å²) < 4.78 is 0. The van der Waals surface area contributed by atoms with Crippen LogP contribution in [0.1, 0.15) is 62.8 Å². The Bertz CT molecular complexity index is 1290. The number of likely N-dealkylation sites (N-methyl/N-ethyl adjacent to an activating group) is 1. The van der Waals surface area contributed by atoms with E-state index in [2.05, 4.69) is 39.3 Å². The lowest BCUT2D eigenvalue weighted by Gasteiger charge is -2.36. The highest BCUT2D eigenvalue weighted by Crippen LogP contribution is 2.38. The van der Waals surface area contributed by atoms with E-state index < -0.39 is 5.92 Å². The lowest BCUT2D eigenvalue weighted by Crippen LogP contribution is -2.45. The number of thiazole rings is 1. The molecule has 1 aliphatic carbocycles. The molecule has 2 atom stereocenters. The largest absolute Gasteiger partial charge is 0.375 e. The maximum atomic E-state index is 13.2. The molecule has 1 saturated heterocycles. The molecule has 0 spiro atoms. The average molecular weight is 504 g/mol.